The van der Waals surface area contributed by atoms with Gasteiger partial charge in [-0.15, -0.1) is 0 Å². The van der Waals surface area contributed by atoms with Crippen LogP contribution in [0.1, 0.15) is 42.1 Å². The SMILES string of the molecule is N#Cc1ccc([C@H]2CCCCc3cncn32)c(F)c1. The Morgan fingerprint density at radius 2 is 2.26 bits per heavy atom. The van der Waals surface area contributed by atoms with Crippen molar-refractivity contribution in [3.63, 3.8) is 0 Å². The van der Waals surface area contributed by atoms with Crippen molar-refractivity contribution in [2.24, 2.45) is 0 Å². The summed E-state index contributed by atoms with van der Waals surface area (Å²) in [4.78, 5) is 4.17. The number of imidazole rings is 1. The van der Waals surface area contributed by atoms with Gasteiger partial charge in [-0.05, 0) is 31.4 Å². The van der Waals surface area contributed by atoms with Crippen molar-refractivity contribution in [2.45, 2.75) is 31.7 Å². The smallest absolute Gasteiger partial charge is 0.129 e. The van der Waals surface area contributed by atoms with E-state index < -0.39 is 0 Å². The molecule has 2 heterocycles. The lowest BCUT2D eigenvalue weighted by molar-refractivity contribution is 0.499. The summed E-state index contributed by atoms with van der Waals surface area (Å²) >= 11 is 0. The molecule has 0 bridgehead atoms. The molecule has 0 radical (unpaired) electrons. The Morgan fingerprint density at radius 3 is 3.05 bits per heavy atom. The molecular weight excluding hydrogens is 241 g/mol. The minimum atomic E-state index is -0.300. The number of fused-ring (bicyclic) bond motifs is 1. The summed E-state index contributed by atoms with van der Waals surface area (Å²) in [6.45, 7) is 0. The van der Waals surface area contributed by atoms with Crippen LogP contribution in [-0.2, 0) is 6.42 Å². The van der Waals surface area contributed by atoms with Gasteiger partial charge in [0, 0.05) is 17.5 Å². The average molecular weight is 255 g/mol. The number of hydrogen-bond acceptors (Lipinski definition) is 2. The Bertz CT molecular complexity index is 639. The Hall–Kier alpha value is -2.15. The second kappa shape index (κ2) is 4.85. The zero-order valence-corrected chi connectivity index (χ0v) is 10.5. The normalized spacial score (nSPS) is 18.4. The molecule has 0 saturated heterocycles. The third-order valence-corrected chi connectivity index (χ3v) is 3.73. The second-order valence-corrected chi connectivity index (χ2v) is 4.90. The molecule has 1 aliphatic heterocycles. The molecule has 0 amide bonds. The molecule has 3 nitrogen and oxygen atoms in total. The van der Waals surface area contributed by atoms with Gasteiger partial charge < -0.3 is 4.57 Å². The highest BCUT2D eigenvalue weighted by Gasteiger charge is 2.22. The summed E-state index contributed by atoms with van der Waals surface area (Å²) in [7, 11) is 0. The highest BCUT2D eigenvalue weighted by Crippen LogP contribution is 2.31. The van der Waals surface area contributed by atoms with E-state index in [0.717, 1.165) is 31.4 Å². The molecule has 0 unspecified atom stereocenters. The van der Waals surface area contributed by atoms with Crippen molar-refractivity contribution >= 4 is 0 Å². The summed E-state index contributed by atoms with van der Waals surface area (Å²) in [6.07, 6.45) is 7.73. The van der Waals surface area contributed by atoms with Gasteiger partial charge in [0.1, 0.15) is 5.82 Å². The van der Waals surface area contributed by atoms with E-state index in [1.807, 2.05) is 12.3 Å². The molecule has 1 aliphatic rings. The highest BCUT2D eigenvalue weighted by atomic mass is 19.1. The summed E-state index contributed by atoms with van der Waals surface area (Å²) in [5, 5.41) is 8.80. The standard InChI is InChI=1S/C15H14FN3/c16-14-7-11(8-17)5-6-13(14)15-4-2-1-3-12-9-18-10-19(12)15/h5-7,9-10,15H,1-4H2/t15-/m1/s1. The quantitative estimate of drug-likeness (QED) is 0.785. The molecule has 1 aromatic heterocycles. The zero-order chi connectivity index (χ0) is 13.2. The lowest BCUT2D eigenvalue weighted by atomic mass is 10.00. The van der Waals surface area contributed by atoms with Crippen LogP contribution in [0.2, 0.25) is 0 Å². The molecule has 0 saturated carbocycles. The van der Waals surface area contributed by atoms with Gasteiger partial charge in [0.2, 0.25) is 0 Å². The van der Waals surface area contributed by atoms with Crippen molar-refractivity contribution in [2.75, 3.05) is 0 Å². The highest BCUT2D eigenvalue weighted by molar-refractivity contribution is 5.35. The van der Waals surface area contributed by atoms with Crippen LogP contribution in [0.25, 0.3) is 0 Å². The lowest BCUT2D eigenvalue weighted by Gasteiger charge is -2.19. The van der Waals surface area contributed by atoms with Crippen LogP contribution in [0.15, 0.2) is 30.7 Å². The van der Waals surface area contributed by atoms with Crippen molar-refractivity contribution < 1.29 is 4.39 Å². The minimum Gasteiger partial charge on any atom is -0.327 e. The van der Waals surface area contributed by atoms with Crippen molar-refractivity contribution in [1.29, 1.82) is 5.26 Å². The molecule has 96 valence electrons. The van der Waals surface area contributed by atoms with Gasteiger partial charge in [0.15, 0.2) is 0 Å². The van der Waals surface area contributed by atoms with Gasteiger partial charge in [-0.2, -0.15) is 5.26 Å². The zero-order valence-electron chi connectivity index (χ0n) is 10.5. The molecule has 0 spiro atoms. The predicted molar refractivity (Wildman–Crippen MR) is 69.0 cm³/mol. The van der Waals surface area contributed by atoms with Crippen LogP contribution >= 0.6 is 0 Å². The van der Waals surface area contributed by atoms with Crippen molar-refractivity contribution in [3.05, 3.63) is 53.4 Å². The largest absolute Gasteiger partial charge is 0.327 e. The third-order valence-electron chi connectivity index (χ3n) is 3.73. The molecular formula is C15H14FN3. The first-order chi connectivity index (χ1) is 9.29. The molecule has 0 N–H and O–H groups in total. The molecule has 0 fully saturated rings. The van der Waals surface area contributed by atoms with E-state index in [1.54, 1.807) is 18.5 Å². The summed E-state index contributed by atoms with van der Waals surface area (Å²) in [5.41, 5.74) is 2.17. The first kappa shape index (κ1) is 11.9. The summed E-state index contributed by atoms with van der Waals surface area (Å²) in [5.74, 6) is -0.300. The van der Waals surface area contributed by atoms with E-state index in [-0.39, 0.29) is 11.9 Å². The van der Waals surface area contributed by atoms with E-state index in [0.29, 0.717) is 11.1 Å². The van der Waals surface area contributed by atoms with E-state index in [4.69, 9.17) is 5.26 Å². The molecule has 19 heavy (non-hydrogen) atoms. The minimum absolute atomic E-state index is 0.00672. The fourth-order valence-corrected chi connectivity index (χ4v) is 2.76. The fraction of sp³-hybridized carbons (Fsp3) is 0.333. The van der Waals surface area contributed by atoms with E-state index in [1.165, 1.54) is 6.07 Å². The maximum Gasteiger partial charge on any atom is 0.129 e. The Labute approximate surface area is 111 Å². The van der Waals surface area contributed by atoms with Gasteiger partial charge >= 0.3 is 0 Å². The van der Waals surface area contributed by atoms with Gasteiger partial charge in [-0.25, -0.2) is 9.37 Å². The van der Waals surface area contributed by atoms with E-state index >= 15 is 0 Å². The van der Waals surface area contributed by atoms with E-state index in [9.17, 15) is 4.39 Å². The van der Waals surface area contributed by atoms with Crippen molar-refractivity contribution in [3.8, 4) is 6.07 Å². The van der Waals surface area contributed by atoms with Crippen LogP contribution in [0.3, 0.4) is 0 Å². The number of nitriles is 1. The third kappa shape index (κ3) is 2.12. The monoisotopic (exact) mass is 255 g/mol. The lowest BCUT2D eigenvalue weighted by Crippen LogP contribution is -2.12. The van der Waals surface area contributed by atoms with Crippen LogP contribution < -0.4 is 0 Å². The number of aromatic nitrogens is 2. The fourth-order valence-electron chi connectivity index (χ4n) is 2.76. The maximum absolute atomic E-state index is 14.2. The topological polar surface area (TPSA) is 41.6 Å². The summed E-state index contributed by atoms with van der Waals surface area (Å²) in [6, 6.07) is 6.69. The second-order valence-electron chi connectivity index (χ2n) is 4.90. The molecule has 0 aliphatic carbocycles. The van der Waals surface area contributed by atoms with Crippen LogP contribution in [0.5, 0.6) is 0 Å². The first-order valence-electron chi connectivity index (χ1n) is 6.50. The average Bonchev–Trinajstić information content (AvgIpc) is 2.80. The van der Waals surface area contributed by atoms with Gasteiger partial charge in [0.25, 0.3) is 0 Å². The summed E-state index contributed by atoms with van der Waals surface area (Å²) < 4.78 is 16.2. The number of rotatable bonds is 1. The van der Waals surface area contributed by atoms with Crippen LogP contribution in [0.4, 0.5) is 4.39 Å². The molecule has 2 aromatic rings. The number of aryl methyl sites for hydroxylation is 1. The number of halogens is 1. The van der Waals surface area contributed by atoms with E-state index in [2.05, 4.69) is 9.55 Å². The van der Waals surface area contributed by atoms with Crippen molar-refractivity contribution in [1.82, 2.24) is 9.55 Å². The van der Waals surface area contributed by atoms with Gasteiger partial charge in [-0.1, -0.05) is 12.5 Å². The Morgan fingerprint density at radius 1 is 1.37 bits per heavy atom. The molecule has 4 heteroatoms. The first-order valence-corrected chi connectivity index (χ1v) is 6.50. The molecule has 1 aromatic carbocycles. The Balaban J connectivity index is 2.05. The van der Waals surface area contributed by atoms with Gasteiger partial charge in [0.05, 0.1) is 24.0 Å². The van der Waals surface area contributed by atoms with Gasteiger partial charge in [-0.3, -0.25) is 0 Å². The molecule has 3 rings (SSSR count). The maximum atomic E-state index is 14.2. The predicted octanol–water partition coefficient (Wildman–Crippen LogP) is 3.21. The number of nitrogens with zero attached hydrogens (tertiary/aromatic N) is 3. The number of hydrogen-bond donors (Lipinski definition) is 0. The van der Waals surface area contributed by atoms with Crippen LogP contribution in [-0.4, -0.2) is 9.55 Å². The number of benzene rings is 1. The van der Waals surface area contributed by atoms with Crippen LogP contribution in [0, 0.1) is 17.1 Å². The Kier molecular flexibility index (Phi) is 3.04. The molecule has 1 atom stereocenters.